The van der Waals surface area contributed by atoms with Gasteiger partial charge in [-0.1, -0.05) is 0 Å². The molecule has 0 aliphatic heterocycles. The molecule has 0 aromatic heterocycles. The molecule has 0 saturated carbocycles. The normalized spacial score (nSPS) is 0. The minimum Gasteiger partial charge on any atom is -0.147 e. The van der Waals surface area contributed by atoms with Crippen LogP contribution in [0, 0.1) is 0 Å². The molecule has 0 rings (SSSR count). The summed E-state index contributed by atoms with van der Waals surface area (Å²) in [5.41, 5.74) is 0. The first-order chi connectivity index (χ1) is 0. The molecule has 0 bridgehead atoms. The molecule has 1 radical (unpaired) electrons. The third-order valence-corrected chi connectivity index (χ3v) is 0. The van der Waals surface area contributed by atoms with Crippen LogP contribution in [0.1, 0.15) is 0 Å². The van der Waals surface area contributed by atoms with E-state index in [2.05, 4.69) is 0 Å². The fraction of sp³-hybridized carbons (Fsp3) is 0. The van der Waals surface area contributed by atoms with Crippen molar-refractivity contribution in [3.05, 3.63) is 0 Å². The van der Waals surface area contributed by atoms with Gasteiger partial charge in [-0.2, -0.15) is 0 Å². The van der Waals surface area contributed by atoms with Gasteiger partial charge in [0, 0.05) is 36.5 Å². The summed E-state index contributed by atoms with van der Waals surface area (Å²) < 4.78 is 0. The van der Waals surface area contributed by atoms with Crippen molar-refractivity contribution >= 4 is 37.2 Å². The average Bonchev–Trinajstić information content (AvgIpc) is 0. The second-order valence-corrected chi connectivity index (χ2v) is 0. The van der Waals surface area contributed by atoms with E-state index in [9.17, 15) is 0 Å². The Morgan fingerprint density at radius 2 is 0.600 bits per heavy atom. The van der Waals surface area contributed by atoms with Gasteiger partial charge in [-0.05, 0) is 0 Å². The van der Waals surface area contributed by atoms with Crippen LogP contribution in [0.3, 0.4) is 0 Å². The van der Waals surface area contributed by atoms with E-state index in [0.717, 1.165) is 0 Å². The van der Waals surface area contributed by atoms with Crippen molar-refractivity contribution < 1.29 is 36.5 Å². The van der Waals surface area contributed by atoms with Gasteiger partial charge in [0.05, 0.1) is 0 Å². The van der Waals surface area contributed by atoms with E-state index in [0.29, 0.717) is 0 Å². The smallest absolute Gasteiger partial charge is 0 e. The quantitative estimate of drug-likeness (QED) is 0.579. The first-order valence-electron chi connectivity index (χ1n) is 0. The zero-order valence-electron chi connectivity index (χ0n) is 1.96. The van der Waals surface area contributed by atoms with Crippen LogP contribution in [0.15, 0.2) is 0 Å². The second kappa shape index (κ2) is 37.3. The summed E-state index contributed by atoms with van der Waals surface area (Å²) >= 11 is 0. The van der Waals surface area contributed by atoms with Crippen LogP contribution in [0.4, 0.5) is 0 Å². The Bertz CT molecular complexity index is 6.85. The van der Waals surface area contributed by atoms with E-state index >= 15 is 0 Å². The first-order valence-corrected chi connectivity index (χ1v) is 0. The molecule has 0 spiro atoms. The minimum atomic E-state index is 0. The molecule has 0 fully saturated rings. The molecular weight excluding hydrogens is 262 g/mol. The van der Waals surface area contributed by atoms with Gasteiger partial charge < -0.3 is 0 Å². The van der Waals surface area contributed by atoms with Crippen LogP contribution >= 0.6 is 37.2 Å². The monoisotopic (exact) mass is 265 g/mol. The Balaban J connectivity index is 0. The molecule has 0 aromatic carbocycles. The topological polar surface area (TPSA) is 0 Å². The Kier molecular flexibility index (Phi) is 467. The fourth-order valence-electron chi connectivity index (χ4n) is 0. The Hall–Kier alpha value is 2.01. The summed E-state index contributed by atoms with van der Waals surface area (Å²) in [5, 5.41) is 0. The van der Waals surface area contributed by atoms with Crippen LogP contribution in [-0.4, -0.2) is 0 Å². The van der Waals surface area contributed by atoms with E-state index in [-0.39, 0.29) is 73.8 Å². The largest absolute Gasteiger partial charge is 0.147 e. The maximum atomic E-state index is 0. The van der Waals surface area contributed by atoms with E-state index in [4.69, 9.17) is 0 Å². The van der Waals surface area contributed by atoms with Gasteiger partial charge in [0.25, 0.3) is 0 Å². The van der Waals surface area contributed by atoms with Gasteiger partial charge in [0.1, 0.15) is 0 Å². The second-order valence-electron chi connectivity index (χ2n) is 0. The van der Waals surface area contributed by atoms with E-state index in [1.165, 1.54) is 0 Å². The molecule has 0 aliphatic carbocycles. The number of hydrogen-bond donors (Lipinski definition) is 0. The molecule has 0 aromatic rings. The van der Waals surface area contributed by atoms with Crippen molar-refractivity contribution in [1.82, 2.24) is 0 Å². The summed E-state index contributed by atoms with van der Waals surface area (Å²) in [6.45, 7) is 0. The molecule has 0 nitrogen and oxygen atoms in total. The molecule has 0 N–H and O–H groups in total. The van der Waals surface area contributed by atoms with Gasteiger partial charge in [0.15, 0.2) is 0 Å². The van der Waals surface area contributed by atoms with E-state index in [1.54, 1.807) is 0 Å². The Morgan fingerprint density at radius 3 is 0.600 bits per heavy atom. The standard InChI is InChI=1S/3ClH.Mn.Ru/h3*1H;;. The Morgan fingerprint density at radius 1 is 0.600 bits per heavy atom. The molecule has 0 amide bonds. The van der Waals surface area contributed by atoms with Gasteiger partial charge in [-0.15, -0.1) is 37.2 Å². The molecule has 0 heterocycles. The Labute approximate surface area is 73.3 Å². The number of rotatable bonds is 0. The predicted octanol–water partition coefficient (Wildman–Crippen LogP) is 1.26. The van der Waals surface area contributed by atoms with Crippen LogP contribution in [0.5, 0.6) is 0 Å². The summed E-state index contributed by atoms with van der Waals surface area (Å²) in [6.07, 6.45) is 0. The van der Waals surface area contributed by atoms with Crippen molar-refractivity contribution in [2.24, 2.45) is 0 Å². The molecular formula is H3Cl3MnRu. The van der Waals surface area contributed by atoms with Gasteiger partial charge in [-0.25, -0.2) is 0 Å². The summed E-state index contributed by atoms with van der Waals surface area (Å²) in [7, 11) is 0. The minimum absolute atomic E-state index is 0. The van der Waals surface area contributed by atoms with Gasteiger partial charge in [0.2, 0.25) is 0 Å². The SMILES string of the molecule is Cl.Cl.Cl.[Mn].[Ru]. The van der Waals surface area contributed by atoms with Crippen LogP contribution < -0.4 is 0 Å². The molecule has 0 saturated heterocycles. The van der Waals surface area contributed by atoms with Gasteiger partial charge >= 0.3 is 0 Å². The zero-order chi connectivity index (χ0) is 0. The van der Waals surface area contributed by atoms with Crippen LogP contribution in [-0.2, 0) is 36.5 Å². The van der Waals surface area contributed by atoms with Gasteiger partial charge in [-0.3, -0.25) is 0 Å². The van der Waals surface area contributed by atoms with E-state index in [1.807, 2.05) is 0 Å². The molecule has 39 valence electrons. The zero-order valence-corrected chi connectivity index (χ0v) is 7.32. The van der Waals surface area contributed by atoms with Crippen molar-refractivity contribution in [1.29, 1.82) is 0 Å². The van der Waals surface area contributed by atoms with Crippen molar-refractivity contribution in [2.75, 3.05) is 0 Å². The van der Waals surface area contributed by atoms with Crippen LogP contribution in [0.25, 0.3) is 0 Å². The summed E-state index contributed by atoms with van der Waals surface area (Å²) in [6, 6.07) is 0. The molecule has 0 unspecified atom stereocenters. The molecule has 0 aliphatic rings. The van der Waals surface area contributed by atoms with Crippen molar-refractivity contribution in [3.63, 3.8) is 0 Å². The number of hydrogen-bond acceptors (Lipinski definition) is 0. The summed E-state index contributed by atoms with van der Waals surface area (Å²) in [4.78, 5) is 0. The predicted molar refractivity (Wildman–Crippen MR) is 21.7 cm³/mol. The maximum Gasteiger partial charge on any atom is 0 e. The van der Waals surface area contributed by atoms with E-state index < -0.39 is 0 Å². The average molecular weight is 265 g/mol. The third-order valence-electron chi connectivity index (χ3n) is 0. The van der Waals surface area contributed by atoms with Crippen LogP contribution in [0.2, 0.25) is 0 Å². The van der Waals surface area contributed by atoms with Crippen molar-refractivity contribution in [3.8, 4) is 0 Å². The first kappa shape index (κ1) is 62.6. The molecule has 5 heavy (non-hydrogen) atoms. The molecule has 0 atom stereocenters. The fourth-order valence-corrected chi connectivity index (χ4v) is 0. The summed E-state index contributed by atoms with van der Waals surface area (Å²) in [5.74, 6) is 0. The maximum absolute atomic E-state index is 0. The third kappa shape index (κ3) is 23.9. The molecule has 5 heteroatoms. The number of halogens is 3. The van der Waals surface area contributed by atoms with Crippen molar-refractivity contribution in [2.45, 2.75) is 0 Å².